The first-order chi connectivity index (χ1) is 10.8. The molecule has 0 N–H and O–H groups in total. The highest BCUT2D eigenvalue weighted by Gasteiger charge is 2.27. The second kappa shape index (κ2) is 5.42. The van der Waals surface area contributed by atoms with Gasteiger partial charge in [0, 0.05) is 5.92 Å². The molecule has 0 fully saturated rings. The SMILES string of the molecule is Fc1ccc(CCC2c3ccccc3-c3ccccc32)cc1. The van der Waals surface area contributed by atoms with Gasteiger partial charge in [-0.1, -0.05) is 60.7 Å². The van der Waals surface area contributed by atoms with Gasteiger partial charge in [0.25, 0.3) is 0 Å². The molecule has 0 unspecified atom stereocenters. The van der Waals surface area contributed by atoms with Crippen molar-refractivity contribution in [1.82, 2.24) is 0 Å². The predicted molar refractivity (Wildman–Crippen MR) is 88.4 cm³/mol. The smallest absolute Gasteiger partial charge is 0.123 e. The molecule has 0 bridgehead atoms. The van der Waals surface area contributed by atoms with Gasteiger partial charge in [0.15, 0.2) is 0 Å². The number of aryl methyl sites for hydroxylation is 1. The topological polar surface area (TPSA) is 0 Å². The molecule has 1 aliphatic carbocycles. The third kappa shape index (κ3) is 2.23. The molecular weight excluding hydrogens is 271 g/mol. The Kier molecular flexibility index (Phi) is 3.27. The molecule has 4 rings (SSSR count). The van der Waals surface area contributed by atoms with E-state index < -0.39 is 0 Å². The minimum atomic E-state index is -0.166. The van der Waals surface area contributed by atoms with Crippen molar-refractivity contribution in [2.24, 2.45) is 0 Å². The summed E-state index contributed by atoms with van der Waals surface area (Å²) in [6.07, 6.45) is 2.02. The fourth-order valence-corrected chi connectivity index (χ4v) is 3.53. The van der Waals surface area contributed by atoms with Crippen LogP contribution >= 0.6 is 0 Å². The lowest BCUT2D eigenvalue weighted by molar-refractivity contribution is 0.626. The minimum absolute atomic E-state index is 0.166. The Hall–Kier alpha value is -2.41. The van der Waals surface area contributed by atoms with Crippen molar-refractivity contribution in [3.8, 4) is 11.1 Å². The predicted octanol–water partition coefficient (Wildman–Crippen LogP) is 5.57. The molecule has 1 aliphatic rings. The number of halogens is 1. The fourth-order valence-electron chi connectivity index (χ4n) is 3.53. The molecule has 3 aromatic rings. The van der Waals surface area contributed by atoms with E-state index in [0.29, 0.717) is 5.92 Å². The van der Waals surface area contributed by atoms with Crippen LogP contribution in [0.15, 0.2) is 72.8 Å². The third-order valence-corrected chi connectivity index (χ3v) is 4.60. The first-order valence-corrected chi connectivity index (χ1v) is 7.75. The highest BCUT2D eigenvalue weighted by molar-refractivity contribution is 5.78. The van der Waals surface area contributed by atoms with Gasteiger partial charge in [-0.2, -0.15) is 0 Å². The zero-order chi connectivity index (χ0) is 14.9. The van der Waals surface area contributed by atoms with Gasteiger partial charge >= 0.3 is 0 Å². The summed E-state index contributed by atoms with van der Waals surface area (Å²) in [4.78, 5) is 0. The molecule has 1 heteroatoms. The van der Waals surface area contributed by atoms with Crippen LogP contribution in [0.3, 0.4) is 0 Å². The largest absolute Gasteiger partial charge is 0.207 e. The van der Waals surface area contributed by atoms with E-state index >= 15 is 0 Å². The molecule has 0 saturated heterocycles. The summed E-state index contributed by atoms with van der Waals surface area (Å²) in [6.45, 7) is 0. The van der Waals surface area contributed by atoms with Crippen LogP contribution in [0.5, 0.6) is 0 Å². The van der Waals surface area contributed by atoms with Gasteiger partial charge in [0.2, 0.25) is 0 Å². The van der Waals surface area contributed by atoms with E-state index in [1.54, 1.807) is 12.1 Å². The number of benzene rings is 3. The molecule has 0 heterocycles. The van der Waals surface area contributed by atoms with Gasteiger partial charge in [-0.15, -0.1) is 0 Å². The first kappa shape index (κ1) is 13.3. The minimum Gasteiger partial charge on any atom is -0.207 e. The van der Waals surface area contributed by atoms with Crippen molar-refractivity contribution < 1.29 is 4.39 Å². The first-order valence-electron chi connectivity index (χ1n) is 7.75. The highest BCUT2D eigenvalue weighted by Crippen LogP contribution is 2.46. The van der Waals surface area contributed by atoms with Gasteiger partial charge < -0.3 is 0 Å². The van der Waals surface area contributed by atoms with Crippen molar-refractivity contribution in [2.75, 3.05) is 0 Å². The van der Waals surface area contributed by atoms with Gasteiger partial charge in [-0.05, 0) is 52.8 Å². The second-order valence-corrected chi connectivity index (χ2v) is 5.89. The van der Waals surface area contributed by atoms with E-state index in [9.17, 15) is 4.39 Å². The zero-order valence-electron chi connectivity index (χ0n) is 12.3. The summed E-state index contributed by atoms with van der Waals surface area (Å²) in [7, 11) is 0. The average molecular weight is 288 g/mol. The van der Waals surface area contributed by atoms with E-state index in [2.05, 4.69) is 48.5 Å². The number of hydrogen-bond acceptors (Lipinski definition) is 0. The van der Waals surface area contributed by atoms with Crippen molar-refractivity contribution in [1.29, 1.82) is 0 Å². The van der Waals surface area contributed by atoms with Gasteiger partial charge in [0.05, 0.1) is 0 Å². The van der Waals surface area contributed by atoms with Crippen LogP contribution in [-0.4, -0.2) is 0 Å². The number of rotatable bonds is 3. The molecular formula is C21H17F. The molecule has 22 heavy (non-hydrogen) atoms. The monoisotopic (exact) mass is 288 g/mol. The Morgan fingerprint density at radius 3 is 1.82 bits per heavy atom. The maximum absolute atomic E-state index is 13.0. The molecule has 0 nitrogen and oxygen atoms in total. The van der Waals surface area contributed by atoms with Gasteiger partial charge in [-0.3, -0.25) is 0 Å². The lowest BCUT2D eigenvalue weighted by Crippen LogP contribution is -1.99. The summed E-state index contributed by atoms with van der Waals surface area (Å²) in [5.74, 6) is 0.276. The number of fused-ring (bicyclic) bond motifs is 3. The van der Waals surface area contributed by atoms with Crippen molar-refractivity contribution in [3.63, 3.8) is 0 Å². The van der Waals surface area contributed by atoms with Crippen LogP contribution in [0.1, 0.15) is 29.0 Å². The van der Waals surface area contributed by atoms with Crippen molar-refractivity contribution in [3.05, 3.63) is 95.3 Å². The summed E-state index contributed by atoms with van der Waals surface area (Å²) in [5.41, 5.74) is 6.77. The molecule has 0 aliphatic heterocycles. The Morgan fingerprint density at radius 2 is 1.23 bits per heavy atom. The van der Waals surface area contributed by atoms with E-state index in [1.165, 1.54) is 27.8 Å². The van der Waals surface area contributed by atoms with Crippen molar-refractivity contribution >= 4 is 0 Å². The van der Waals surface area contributed by atoms with Crippen LogP contribution in [0, 0.1) is 5.82 Å². The van der Waals surface area contributed by atoms with Gasteiger partial charge in [0.1, 0.15) is 5.82 Å². The Balaban J connectivity index is 1.65. The quantitative estimate of drug-likeness (QED) is 0.591. The van der Waals surface area contributed by atoms with Crippen LogP contribution in [-0.2, 0) is 6.42 Å². The van der Waals surface area contributed by atoms with Crippen LogP contribution in [0.25, 0.3) is 11.1 Å². The summed E-state index contributed by atoms with van der Waals surface area (Å²) in [5, 5.41) is 0. The molecule has 0 amide bonds. The molecule has 0 aromatic heterocycles. The fraction of sp³-hybridized carbons (Fsp3) is 0.143. The lowest BCUT2D eigenvalue weighted by atomic mass is 9.90. The molecule has 0 radical (unpaired) electrons. The normalized spacial score (nSPS) is 13.0. The maximum Gasteiger partial charge on any atom is 0.123 e. The Labute approximate surface area is 130 Å². The Bertz CT molecular complexity index is 757. The van der Waals surface area contributed by atoms with Crippen molar-refractivity contribution in [2.45, 2.75) is 18.8 Å². The molecule has 0 spiro atoms. The molecule has 0 atom stereocenters. The summed E-state index contributed by atoms with van der Waals surface area (Å²) < 4.78 is 13.0. The second-order valence-electron chi connectivity index (χ2n) is 5.89. The van der Waals surface area contributed by atoms with E-state index in [4.69, 9.17) is 0 Å². The number of hydrogen-bond donors (Lipinski definition) is 0. The van der Waals surface area contributed by atoms with E-state index in [1.807, 2.05) is 12.1 Å². The van der Waals surface area contributed by atoms with E-state index in [-0.39, 0.29) is 5.82 Å². The molecule has 0 saturated carbocycles. The standard InChI is InChI=1S/C21H17F/c22-16-12-9-15(10-13-16)11-14-21-19-7-3-1-5-17(19)18-6-2-4-8-20(18)21/h1-10,12-13,21H,11,14H2. The summed E-state index contributed by atoms with van der Waals surface area (Å²) >= 11 is 0. The maximum atomic E-state index is 13.0. The third-order valence-electron chi connectivity index (χ3n) is 4.60. The Morgan fingerprint density at radius 1 is 0.682 bits per heavy atom. The molecule has 108 valence electrons. The average Bonchev–Trinajstić information content (AvgIpc) is 2.89. The summed E-state index contributed by atoms with van der Waals surface area (Å²) in [6, 6.07) is 24.2. The van der Waals surface area contributed by atoms with Crippen LogP contribution in [0.2, 0.25) is 0 Å². The van der Waals surface area contributed by atoms with Crippen LogP contribution < -0.4 is 0 Å². The van der Waals surface area contributed by atoms with Crippen LogP contribution in [0.4, 0.5) is 4.39 Å². The zero-order valence-corrected chi connectivity index (χ0v) is 12.3. The highest BCUT2D eigenvalue weighted by atomic mass is 19.1. The molecule has 3 aromatic carbocycles. The lowest BCUT2D eigenvalue weighted by Gasteiger charge is -2.13. The van der Waals surface area contributed by atoms with E-state index in [0.717, 1.165) is 12.8 Å². The van der Waals surface area contributed by atoms with Gasteiger partial charge in [-0.25, -0.2) is 4.39 Å².